The minimum Gasteiger partial charge on any atom is -0.277 e. The zero-order valence-corrected chi connectivity index (χ0v) is 9.23. The summed E-state index contributed by atoms with van der Waals surface area (Å²) in [5.41, 5.74) is -0.897. The molecule has 4 amide bonds. The van der Waals surface area contributed by atoms with Crippen LogP contribution in [-0.4, -0.2) is 41.3 Å². The van der Waals surface area contributed by atoms with Crippen LogP contribution in [-0.2, 0) is 9.59 Å². The van der Waals surface area contributed by atoms with Crippen LogP contribution >= 0.6 is 11.8 Å². The Morgan fingerprint density at radius 1 is 1.40 bits per heavy atom. The molecular weight excluding hydrogens is 216 g/mol. The van der Waals surface area contributed by atoms with Gasteiger partial charge in [-0.25, -0.2) is 4.79 Å². The van der Waals surface area contributed by atoms with E-state index in [2.05, 4.69) is 5.32 Å². The Morgan fingerprint density at radius 3 is 2.60 bits per heavy atom. The molecule has 2 rings (SSSR count). The molecular formula is C9H12N2O3S. The summed E-state index contributed by atoms with van der Waals surface area (Å²) in [5.74, 6) is -0.0353. The van der Waals surface area contributed by atoms with Crippen LogP contribution in [0.25, 0.3) is 0 Å². The average molecular weight is 228 g/mol. The fourth-order valence-electron chi connectivity index (χ4n) is 1.68. The largest absolute Gasteiger partial charge is 0.330 e. The smallest absolute Gasteiger partial charge is 0.277 e. The summed E-state index contributed by atoms with van der Waals surface area (Å²) in [5, 5.41) is 2.24. The lowest BCUT2D eigenvalue weighted by atomic mass is 10.0. The third kappa shape index (κ3) is 1.52. The van der Waals surface area contributed by atoms with E-state index in [4.69, 9.17) is 0 Å². The number of barbiturate groups is 1. The van der Waals surface area contributed by atoms with Crippen LogP contribution in [0.15, 0.2) is 0 Å². The van der Waals surface area contributed by atoms with Crippen molar-refractivity contribution in [3.8, 4) is 0 Å². The van der Waals surface area contributed by atoms with E-state index in [0.29, 0.717) is 25.1 Å². The molecule has 0 aromatic carbocycles. The molecule has 5 nitrogen and oxygen atoms in total. The number of carbonyl (C=O) groups excluding carboxylic acids is 3. The maximum atomic E-state index is 11.9. The maximum Gasteiger partial charge on any atom is 0.330 e. The topological polar surface area (TPSA) is 66.5 Å². The summed E-state index contributed by atoms with van der Waals surface area (Å²) < 4.78 is 0. The van der Waals surface area contributed by atoms with Gasteiger partial charge < -0.3 is 0 Å². The predicted octanol–water partition coefficient (Wildman–Crippen LogP) is 0.208. The van der Waals surface area contributed by atoms with Gasteiger partial charge in [0.05, 0.1) is 0 Å². The van der Waals surface area contributed by atoms with E-state index in [1.807, 2.05) is 6.26 Å². The highest BCUT2D eigenvalue weighted by Crippen LogP contribution is 2.48. The number of imide groups is 2. The molecule has 0 radical (unpaired) electrons. The molecule has 1 spiro atoms. The lowest BCUT2D eigenvalue weighted by Crippen LogP contribution is -2.59. The minimum absolute atomic E-state index is 0.315. The minimum atomic E-state index is -0.897. The summed E-state index contributed by atoms with van der Waals surface area (Å²) in [6, 6.07) is -0.573. The van der Waals surface area contributed by atoms with Crippen LogP contribution in [0, 0.1) is 5.41 Å². The molecule has 0 unspecified atom stereocenters. The van der Waals surface area contributed by atoms with Crippen molar-refractivity contribution in [2.24, 2.45) is 5.41 Å². The Bertz CT molecular complexity index is 338. The maximum absolute atomic E-state index is 11.9. The van der Waals surface area contributed by atoms with Crippen LogP contribution in [0.2, 0.25) is 0 Å². The normalized spacial score (nSPS) is 23.3. The van der Waals surface area contributed by atoms with Gasteiger partial charge in [-0.1, -0.05) is 0 Å². The molecule has 0 bridgehead atoms. The number of nitrogens with one attached hydrogen (secondary N) is 1. The van der Waals surface area contributed by atoms with Gasteiger partial charge >= 0.3 is 6.03 Å². The molecule has 2 aliphatic rings. The van der Waals surface area contributed by atoms with E-state index in [9.17, 15) is 14.4 Å². The second-order valence-corrected chi connectivity index (χ2v) is 4.78. The highest BCUT2D eigenvalue weighted by Gasteiger charge is 2.61. The van der Waals surface area contributed by atoms with E-state index in [0.717, 1.165) is 4.90 Å². The number of rotatable bonds is 3. The Labute approximate surface area is 91.6 Å². The van der Waals surface area contributed by atoms with Crippen LogP contribution in [0.4, 0.5) is 4.79 Å². The first kappa shape index (κ1) is 10.5. The van der Waals surface area contributed by atoms with Crippen molar-refractivity contribution >= 4 is 29.6 Å². The highest BCUT2D eigenvalue weighted by atomic mass is 32.2. The molecule has 1 saturated carbocycles. The number of hydrogen-bond donors (Lipinski definition) is 1. The fraction of sp³-hybridized carbons (Fsp3) is 0.667. The van der Waals surface area contributed by atoms with Gasteiger partial charge in [0, 0.05) is 12.3 Å². The van der Waals surface area contributed by atoms with E-state index >= 15 is 0 Å². The van der Waals surface area contributed by atoms with Gasteiger partial charge in [-0.2, -0.15) is 11.8 Å². The van der Waals surface area contributed by atoms with Gasteiger partial charge in [0.2, 0.25) is 11.8 Å². The number of thioether (sulfide) groups is 1. The first-order chi connectivity index (χ1) is 7.12. The number of hydrogen-bond acceptors (Lipinski definition) is 4. The van der Waals surface area contributed by atoms with Gasteiger partial charge in [-0.3, -0.25) is 19.8 Å². The van der Waals surface area contributed by atoms with Crippen molar-refractivity contribution in [1.82, 2.24) is 10.2 Å². The number of urea groups is 1. The van der Waals surface area contributed by atoms with Crippen molar-refractivity contribution < 1.29 is 14.4 Å². The monoisotopic (exact) mass is 228 g/mol. The van der Waals surface area contributed by atoms with Crippen LogP contribution in [0.1, 0.15) is 12.8 Å². The second kappa shape index (κ2) is 3.52. The molecule has 82 valence electrons. The average Bonchev–Trinajstić information content (AvgIpc) is 2.96. The van der Waals surface area contributed by atoms with Crippen LogP contribution < -0.4 is 5.32 Å². The van der Waals surface area contributed by atoms with Gasteiger partial charge in [0.1, 0.15) is 5.41 Å². The summed E-state index contributed by atoms with van der Waals surface area (Å²) in [6.45, 7) is 0.376. The highest BCUT2D eigenvalue weighted by molar-refractivity contribution is 7.98. The molecule has 0 aromatic rings. The number of carbonyl (C=O) groups is 3. The zero-order chi connectivity index (χ0) is 11.1. The SMILES string of the molecule is CSCCN1C(=O)NC(=O)C2(CC2)C1=O. The van der Waals surface area contributed by atoms with Gasteiger partial charge in [-0.05, 0) is 19.1 Å². The van der Waals surface area contributed by atoms with E-state index in [1.165, 1.54) is 0 Å². The molecule has 1 aliphatic carbocycles. The quantitative estimate of drug-likeness (QED) is 0.701. The van der Waals surface area contributed by atoms with E-state index < -0.39 is 17.4 Å². The van der Waals surface area contributed by atoms with Crippen molar-refractivity contribution in [2.45, 2.75) is 12.8 Å². The molecule has 0 aromatic heterocycles. The van der Waals surface area contributed by atoms with Gasteiger partial charge in [-0.15, -0.1) is 0 Å². The van der Waals surface area contributed by atoms with Crippen molar-refractivity contribution in [3.63, 3.8) is 0 Å². The Hall–Kier alpha value is -1.04. The third-order valence-corrected chi connectivity index (χ3v) is 3.41. The molecule has 1 heterocycles. The lowest BCUT2D eigenvalue weighted by Gasteiger charge is -2.29. The van der Waals surface area contributed by atoms with Crippen molar-refractivity contribution in [2.75, 3.05) is 18.6 Å². The molecule has 15 heavy (non-hydrogen) atoms. The summed E-state index contributed by atoms with van der Waals surface area (Å²) >= 11 is 1.56. The van der Waals surface area contributed by atoms with Gasteiger partial charge in [0.15, 0.2) is 0 Å². The summed E-state index contributed by atoms with van der Waals surface area (Å²) in [6.07, 6.45) is 3.05. The predicted molar refractivity (Wildman–Crippen MR) is 55.3 cm³/mol. The Kier molecular flexibility index (Phi) is 2.46. The lowest BCUT2D eigenvalue weighted by molar-refractivity contribution is -0.144. The Morgan fingerprint density at radius 2 is 2.07 bits per heavy atom. The first-order valence-electron chi connectivity index (χ1n) is 4.78. The molecule has 0 atom stereocenters. The fourth-order valence-corrected chi connectivity index (χ4v) is 2.05. The first-order valence-corrected chi connectivity index (χ1v) is 6.17. The van der Waals surface area contributed by atoms with Crippen molar-refractivity contribution in [3.05, 3.63) is 0 Å². The zero-order valence-electron chi connectivity index (χ0n) is 8.41. The van der Waals surface area contributed by atoms with Crippen molar-refractivity contribution in [1.29, 1.82) is 0 Å². The standard InChI is InChI=1S/C9H12N2O3S/c1-15-5-4-11-7(13)9(2-3-9)6(12)10-8(11)14/h2-5H2,1H3,(H,10,12,14). The van der Waals surface area contributed by atoms with E-state index in [-0.39, 0.29) is 5.91 Å². The second-order valence-electron chi connectivity index (χ2n) is 3.79. The Balaban J connectivity index is 2.14. The number of nitrogens with zero attached hydrogens (tertiary/aromatic N) is 1. The molecule has 1 N–H and O–H groups in total. The summed E-state index contributed by atoms with van der Waals surface area (Å²) in [4.78, 5) is 35.9. The molecule has 6 heteroatoms. The molecule has 1 aliphatic heterocycles. The summed E-state index contributed by atoms with van der Waals surface area (Å²) in [7, 11) is 0. The molecule has 2 fully saturated rings. The molecule has 1 saturated heterocycles. The van der Waals surface area contributed by atoms with Crippen LogP contribution in [0.3, 0.4) is 0 Å². The third-order valence-electron chi connectivity index (χ3n) is 2.82. The number of amides is 4. The van der Waals surface area contributed by atoms with E-state index in [1.54, 1.807) is 11.8 Å². The van der Waals surface area contributed by atoms with Crippen LogP contribution in [0.5, 0.6) is 0 Å². The van der Waals surface area contributed by atoms with Gasteiger partial charge in [0.25, 0.3) is 0 Å².